The summed E-state index contributed by atoms with van der Waals surface area (Å²) in [6.45, 7) is 5.60. The molecule has 4 rings (SSSR count). The zero-order chi connectivity index (χ0) is 21.5. The van der Waals surface area contributed by atoms with Crippen LogP contribution >= 0.6 is 0 Å². The molecule has 0 amide bonds. The van der Waals surface area contributed by atoms with Gasteiger partial charge in [-0.15, -0.1) is 0 Å². The third-order valence-corrected chi connectivity index (χ3v) is 5.99. The Morgan fingerprint density at radius 2 is 1.94 bits per heavy atom. The molecule has 2 unspecified atom stereocenters. The first-order valence-electron chi connectivity index (χ1n) is 11.2. The van der Waals surface area contributed by atoms with Crippen LogP contribution in [0.5, 0.6) is 0 Å². The molecular formula is C24H34N4O3. The molecule has 31 heavy (non-hydrogen) atoms. The Kier molecular flexibility index (Phi) is 7.61. The summed E-state index contributed by atoms with van der Waals surface area (Å²) in [5.74, 6) is 1.90. The maximum Gasteiger partial charge on any atom is 0.194 e. The van der Waals surface area contributed by atoms with E-state index in [4.69, 9.17) is 13.9 Å². The number of furan rings is 1. The number of hydrogen-bond donors (Lipinski definition) is 1. The van der Waals surface area contributed by atoms with Crippen LogP contribution in [0, 0.1) is 0 Å². The minimum Gasteiger partial charge on any atom is -0.468 e. The van der Waals surface area contributed by atoms with Crippen molar-refractivity contribution in [1.82, 2.24) is 15.1 Å². The van der Waals surface area contributed by atoms with Crippen molar-refractivity contribution in [2.75, 3.05) is 40.4 Å². The van der Waals surface area contributed by atoms with Crippen LogP contribution in [0.2, 0.25) is 0 Å². The maximum absolute atomic E-state index is 5.99. The number of benzene rings is 1. The highest BCUT2D eigenvalue weighted by Crippen LogP contribution is 2.21. The van der Waals surface area contributed by atoms with E-state index in [0.29, 0.717) is 6.61 Å². The molecule has 2 fully saturated rings. The Labute approximate surface area is 185 Å². The molecule has 2 atom stereocenters. The number of ether oxygens (including phenoxy) is 2. The van der Waals surface area contributed by atoms with Gasteiger partial charge in [0.1, 0.15) is 11.9 Å². The van der Waals surface area contributed by atoms with E-state index in [0.717, 1.165) is 63.9 Å². The number of nitrogens with zero attached hydrogens (tertiary/aromatic N) is 3. The average molecular weight is 427 g/mol. The smallest absolute Gasteiger partial charge is 0.194 e. The molecule has 2 aliphatic rings. The summed E-state index contributed by atoms with van der Waals surface area (Å²) >= 11 is 0. The van der Waals surface area contributed by atoms with Crippen molar-refractivity contribution in [1.29, 1.82) is 0 Å². The van der Waals surface area contributed by atoms with Crippen molar-refractivity contribution in [2.45, 2.75) is 44.7 Å². The molecule has 0 spiro atoms. The third-order valence-electron chi connectivity index (χ3n) is 5.99. The van der Waals surface area contributed by atoms with E-state index in [2.05, 4.69) is 51.4 Å². The van der Waals surface area contributed by atoms with E-state index in [1.165, 1.54) is 11.1 Å². The van der Waals surface area contributed by atoms with Gasteiger partial charge in [-0.2, -0.15) is 0 Å². The van der Waals surface area contributed by atoms with Crippen molar-refractivity contribution in [2.24, 2.45) is 4.99 Å². The second-order valence-electron chi connectivity index (χ2n) is 8.33. The molecule has 0 radical (unpaired) electrons. The average Bonchev–Trinajstić information content (AvgIpc) is 3.50. The molecular weight excluding hydrogens is 392 g/mol. The van der Waals surface area contributed by atoms with Crippen molar-refractivity contribution >= 4 is 5.96 Å². The van der Waals surface area contributed by atoms with Crippen LogP contribution < -0.4 is 5.32 Å². The summed E-state index contributed by atoms with van der Waals surface area (Å²) in [6, 6.07) is 12.5. The summed E-state index contributed by atoms with van der Waals surface area (Å²) in [7, 11) is 3.96. The fourth-order valence-electron chi connectivity index (χ4n) is 4.39. The van der Waals surface area contributed by atoms with E-state index >= 15 is 0 Å². The summed E-state index contributed by atoms with van der Waals surface area (Å²) in [4.78, 5) is 9.10. The first-order chi connectivity index (χ1) is 15.2. The molecule has 2 aliphatic heterocycles. The highest BCUT2D eigenvalue weighted by Gasteiger charge is 2.32. The van der Waals surface area contributed by atoms with Crippen molar-refractivity contribution < 1.29 is 13.9 Å². The Morgan fingerprint density at radius 3 is 2.68 bits per heavy atom. The van der Waals surface area contributed by atoms with Gasteiger partial charge in [0.25, 0.3) is 0 Å². The quantitative estimate of drug-likeness (QED) is 0.543. The maximum atomic E-state index is 5.99. The van der Waals surface area contributed by atoms with Crippen LogP contribution in [-0.4, -0.2) is 68.4 Å². The highest BCUT2D eigenvalue weighted by molar-refractivity contribution is 5.80. The normalized spacial score (nSPS) is 22.3. The number of rotatable bonds is 7. The zero-order valence-electron chi connectivity index (χ0n) is 18.6. The largest absolute Gasteiger partial charge is 0.468 e. The van der Waals surface area contributed by atoms with Gasteiger partial charge in [-0.25, -0.2) is 0 Å². The van der Waals surface area contributed by atoms with E-state index in [9.17, 15) is 0 Å². The van der Waals surface area contributed by atoms with Crippen LogP contribution in [0.25, 0.3) is 0 Å². The molecule has 7 heteroatoms. The van der Waals surface area contributed by atoms with Gasteiger partial charge in [-0.3, -0.25) is 9.89 Å². The molecule has 1 aromatic heterocycles. The van der Waals surface area contributed by atoms with Crippen molar-refractivity contribution in [3.63, 3.8) is 0 Å². The first-order valence-corrected chi connectivity index (χ1v) is 11.2. The van der Waals surface area contributed by atoms with E-state index < -0.39 is 0 Å². The molecule has 2 saturated heterocycles. The van der Waals surface area contributed by atoms with Gasteiger partial charge in [-0.05, 0) is 43.1 Å². The summed E-state index contributed by atoms with van der Waals surface area (Å²) in [5.41, 5.74) is 2.58. The van der Waals surface area contributed by atoms with Gasteiger partial charge in [0.15, 0.2) is 5.96 Å². The molecule has 1 N–H and O–H groups in total. The molecule has 7 nitrogen and oxygen atoms in total. The highest BCUT2D eigenvalue weighted by atomic mass is 16.5. The van der Waals surface area contributed by atoms with Crippen LogP contribution in [-0.2, 0) is 29.1 Å². The Morgan fingerprint density at radius 1 is 1.10 bits per heavy atom. The molecule has 3 heterocycles. The molecule has 0 saturated carbocycles. The lowest BCUT2D eigenvalue weighted by atomic mass is 10.1. The van der Waals surface area contributed by atoms with E-state index in [-0.39, 0.29) is 12.2 Å². The SMILES string of the molecule is CN=C(NCc1ccccc1CN(C)Cc1ccco1)N1CCOC(C2CCCO2)C1. The summed E-state index contributed by atoms with van der Waals surface area (Å²) in [5, 5.41) is 3.57. The minimum absolute atomic E-state index is 0.123. The fourth-order valence-corrected chi connectivity index (χ4v) is 4.39. The molecule has 0 aliphatic carbocycles. The van der Waals surface area contributed by atoms with Crippen LogP contribution in [0.3, 0.4) is 0 Å². The Balaban J connectivity index is 1.34. The number of aliphatic imine (C=N–C) groups is 1. The predicted octanol–water partition coefficient (Wildman–Crippen LogP) is 2.87. The zero-order valence-corrected chi connectivity index (χ0v) is 18.6. The second kappa shape index (κ2) is 10.8. The van der Waals surface area contributed by atoms with Gasteiger partial charge in [0, 0.05) is 39.8 Å². The van der Waals surface area contributed by atoms with E-state index in [1.54, 1.807) is 6.26 Å². The van der Waals surface area contributed by atoms with Crippen LogP contribution in [0.4, 0.5) is 0 Å². The number of nitrogens with one attached hydrogen (secondary N) is 1. The molecule has 2 aromatic rings. The fraction of sp³-hybridized carbons (Fsp3) is 0.542. The summed E-state index contributed by atoms with van der Waals surface area (Å²) < 4.78 is 17.3. The van der Waals surface area contributed by atoms with Gasteiger partial charge in [0.2, 0.25) is 0 Å². The number of hydrogen-bond acceptors (Lipinski definition) is 5. The van der Waals surface area contributed by atoms with Crippen molar-refractivity contribution in [3.8, 4) is 0 Å². The lowest BCUT2D eigenvalue weighted by Crippen LogP contribution is -2.53. The Hall–Kier alpha value is -2.35. The van der Waals surface area contributed by atoms with Crippen LogP contribution in [0.15, 0.2) is 52.1 Å². The lowest BCUT2D eigenvalue weighted by molar-refractivity contribution is -0.0817. The topological polar surface area (TPSA) is 62.5 Å². The number of guanidine groups is 1. The molecule has 1 aromatic carbocycles. The second-order valence-corrected chi connectivity index (χ2v) is 8.33. The molecule has 0 bridgehead atoms. The van der Waals surface area contributed by atoms with Gasteiger partial charge < -0.3 is 24.1 Å². The van der Waals surface area contributed by atoms with Gasteiger partial charge in [-0.1, -0.05) is 24.3 Å². The first kappa shape index (κ1) is 21.9. The van der Waals surface area contributed by atoms with Crippen molar-refractivity contribution in [3.05, 3.63) is 59.5 Å². The van der Waals surface area contributed by atoms with Crippen LogP contribution in [0.1, 0.15) is 29.7 Å². The Bertz CT molecular complexity index is 833. The number of morpholine rings is 1. The standard InChI is InChI=1S/C24H34N4O3/c1-25-24(28-11-14-31-23(18-28)22-10-6-13-30-22)26-15-19-7-3-4-8-20(19)16-27(2)17-21-9-5-12-29-21/h3-5,7-9,12,22-23H,6,10-11,13-18H2,1-2H3,(H,25,26). The summed E-state index contributed by atoms with van der Waals surface area (Å²) in [6.07, 6.45) is 4.27. The van der Waals surface area contributed by atoms with E-state index in [1.807, 2.05) is 19.2 Å². The third kappa shape index (κ3) is 5.87. The van der Waals surface area contributed by atoms with Gasteiger partial charge >= 0.3 is 0 Å². The van der Waals surface area contributed by atoms with Gasteiger partial charge in [0.05, 0.1) is 25.5 Å². The predicted molar refractivity (Wildman–Crippen MR) is 121 cm³/mol. The lowest BCUT2D eigenvalue weighted by Gasteiger charge is -2.37. The monoisotopic (exact) mass is 426 g/mol. The molecule has 168 valence electrons. The minimum atomic E-state index is 0.123.